The molecule has 1 saturated carbocycles. The molecule has 1 aromatic carbocycles. The Bertz CT molecular complexity index is 907. The second-order valence-corrected chi connectivity index (χ2v) is 7.87. The Balaban J connectivity index is 1.36. The first-order valence-corrected chi connectivity index (χ1v) is 9.95. The Labute approximate surface area is 160 Å². The van der Waals surface area contributed by atoms with E-state index in [9.17, 15) is 4.79 Å². The van der Waals surface area contributed by atoms with Gasteiger partial charge in [0.05, 0.1) is 17.2 Å². The number of hydrogen-bond donors (Lipinski definition) is 2. The van der Waals surface area contributed by atoms with Crippen molar-refractivity contribution in [2.45, 2.75) is 37.8 Å². The van der Waals surface area contributed by atoms with Gasteiger partial charge in [0.1, 0.15) is 4.88 Å². The van der Waals surface area contributed by atoms with Gasteiger partial charge in [0.15, 0.2) is 0 Å². The molecule has 2 N–H and O–H groups in total. The Hall–Kier alpha value is -2.18. The SMILES string of the molecule is O=C(N[C@H]1CC[C@@H](Nc2ccnc3cc(Cl)ccc23)CC1)c1cncs1. The zero-order chi connectivity index (χ0) is 17.9. The molecule has 2 aromatic heterocycles. The van der Waals surface area contributed by atoms with Gasteiger partial charge in [0.25, 0.3) is 5.91 Å². The summed E-state index contributed by atoms with van der Waals surface area (Å²) in [4.78, 5) is 21.2. The van der Waals surface area contributed by atoms with E-state index in [2.05, 4.69) is 20.6 Å². The summed E-state index contributed by atoms with van der Waals surface area (Å²) in [6.45, 7) is 0. The van der Waals surface area contributed by atoms with Crippen molar-refractivity contribution in [3.63, 3.8) is 0 Å². The van der Waals surface area contributed by atoms with Gasteiger partial charge < -0.3 is 10.6 Å². The van der Waals surface area contributed by atoms with Crippen LogP contribution in [0.2, 0.25) is 5.02 Å². The predicted octanol–water partition coefficient (Wildman–Crippen LogP) is 4.50. The molecule has 3 aromatic rings. The number of aromatic nitrogens is 2. The Morgan fingerprint density at radius 3 is 2.73 bits per heavy atom. The molecule has 4 rings (SSSR count). The van der Waals surface area contributed by atoms with Gasteiger partial charge in [-0.25, -0.2) is 0 Å². The van der Waals surface area contributed by atoms with E-state index in [1.54, 1.807) is 11.7 Å². The number of amides is 1. The molecule has 1 fully saturated rings. The number of carbonyl (C=O) groups is 1. The largest absolute Gasteiger partial charge is 0.382 e. The standard InChI is InChI=1S/C19H19ClN4OS/c20-12-1-6-15-16(7-8-22-17(15)9-12)23-13-2-4-14(5-3-13)24-19(25)18-10-21-11-26-18/h1,6-11,13-14H,2-5H2,(H,22,23)(H,24,25)/t13-,14+. The average Bonchev–Trinajstić information content (AvgIpc) is 3.18. The van der Waals surface area contributed by atoms with Gasteiger partial charge in [0.2, 0.25) is 0 Å². The highest BCUT2D eigenvalue weighted by Crippen LogP contribution is 2.28. The fraction of sp³-hybridized carbons (Fsp3) is 0.316. The number of nitrogens with zero attached hydrogens (tertiary/aromatic N) is 2. The number of anilines is 1. The monoisotopic (exact) mass is 386 g/mol. The molecule has 0 unspecified atom stereocenters. The molecule has 0 aliphatic heterocycles. The Kier molecular flexibility index (Phi) is 5.04. The number of hydrogen-bond acceptors (Lipinski definition) is 5. The number of rotatable bonds is 4. The highest BCUT2D eigenvalue weighted by molar-refractivity contribution is 7.11. The summed E-state index contributed by atoms with van der Waals surface area (Å²) in [5, 5.41) is 8.54. The van der Waals surface area contributed by atoms with Gasteiger partial charge in [-0.1, -0.05) is 11.6 Å². The maximum atomic E-state index is 12.1. The predicted molar refractivity (Wildman–Crippen MR) is 106 cm³/mol. The van der Waals surface area contributed by atoms with Crippen molar-refractivity contribution in [1.82, 2.24) is 15.3 Å². The van der Waals surface area contributed by atoms with Crippen LogP contribution in [-0.4, -0.2) is 28.0 Å². The minimum Gasteiger partial charge on any atom is -0.382 e. The quantitative estimate of drug-likeness (QED) is 0.692. The van der Waals surface area contributed by atoms with Crippen molar-refractivity contribution in [1.29, 1.82) is 0 Å². The zero-order valence-corrected chi connectivity index (χ0v) is 15.7. The van der Waals surface area contributed by atoms with Crippen LogP contribution in [0.3, 0.4) is 0 Å². The minimum absolute atomic E-state index is 0.0130. The first-order chi connectivity index (χ1) is 12.7. The second-order valence-electron chi connectivity index (χ2n) is 6.55. The number of nitrogens with one attached hydrogen (secondary N) is 2. The number of fused-ring (bicyclic) bond motifs is 1. The van der Waals surface area contributed by atoms with Crippen molar-refractivity contribution in [2.24, 2.45) is 0 Å². The first kappa shape index (κ1) is 17.2. The highest BCUT2D eigenvalue weighted by atomic mass is 35.5. The maximum Gasteiger partial charge on any atom is 0.263 e. The van der Waals surface area contributed by atoms with Crippen molar-refractivity contribution in [2.75, 3.05) is 5.32 Å². The molecule has 26 heavy (non-hydrogen) atoms. The van der Waals surface area contributed by atoms with Crippen molar-refractivity contribution >= 4 is 45.4 Å². The van der Waals surface area contributed by atoms with Crippen molar-refractivity contribution in [3.8, 4) is 0 Å². The van der Waals surface area contributed by atoms with Crippen LogP contribution in [0.1, 0.15) is 35.4 Å². The molecule has 7 heteroatoms. The number of carbonyl (C=O) groups excluding carboxylic acids is 1. The van der Waals surface area contributed by atoms with Crippen LogP contribution in [0.25, 0.3) is 10.9 Å². The van der Waals surface area contributed by atoms with E-state index < -0.39 is 0 Å². The van der Waals surface area contributed by atoms with Crippen LogP contribution in [0.15, 0.2) is 42.2 Å². The number of benzene rings is 1. The summed E-state index contributed by atoms with van der Waals surface area (Å²) >= 11 is 7.43. The first-order valence-electron chi connectivity index (χ1n) is 8.69. The molecule has 134 valence electrons. The van der Waals surface area contributed by atoms with Crippen molar-refractivity contribution < 1.29 is 4.79 Å². The lowest BCUT2D eigenvalue weighted by Gasteiger charge is -2.30. The molecular formula is C19H19ClN4OS. The second kappa shape index (κ2) is 7.60. The summed E-state index contributed by atoms with van der Waals surface area (Å²) in [7, 11) is 0. The molecular weight excluding hydrogens is 368 g/mol. The summed E-state index contributed by atoms with van der Waals surface area (Å²) in [6, 6.07) is 8.42. The van der Waals surface area contributed by atoms with Gasteiger partial charge in [-0.3, -0.25) is 14.8 Å². The summed E-state index contributed by atoms with van der Waals surface area (Å²) < 4.78 is 0. The lowest BCUT2D eigenvalue weighted by Crippen LogP contribution is -2.39. The van der Waals surface area contributed by atoms with E-state index >= 15 is 0 Å². The van der Waals surface area contributed by atoms with Crippen LogP contribution in [0.5, 0.6) is 0 Å². The third kappa shape index (κ3) is 3.81. The third-order valence-corrected chi connectivity index (χ3v) is 5.79. The molecule has 1 amide bonds. The lowest BCUT2D eigenvalue weighted by atomic mass is 9.91. The molecule has 0 saturated heterocycles. The van der Waals surface area contributed by atoms with E-state index in [4.69, 9.17) is 11.6 Å². The van der Waals surface area contributed by atoms with E-state index in [1.807, 2.05) is 30.5 Å². The number of thiazole rings is 1. The highest BCUT2D eigenvalue weighted by Gasteiger charge is 2.23. The van der Waals surface area contributed by atoms with Gasteiger partial charge in [0, 0.05) is 34.4 Å². The van der Waals surface area contributed by atoms with Crippen LogP contribution in [-0.2, 0) is 0 Å². The molecule has 1 aliphatic carbocycles. The molecule has 0 spiro atoms. The van der Waals surface area contributed by atoms with E-state index in [-0.39, 0.29) is 11.9 Å². The molecule has 0 radical (unpaired) electrons. The van der Waals surface area contributed by atoms with E-state index in [1.165, 1.54) is 11.3 Å². The van der Waals surface area contributed by atoms with Crippen LogP contribution >= 0.6 is 22.9 Å². The molecule has 0 bridgehead atoms. The minimum atomic E-state index is -0.0130. The average molecular weight is 387 g/mol. The van der Waals surface area contributed by atoms with Crippen LogP contribution in [0.4, 0.5) is 5.69 Å². The normalized spacial score (nSPS) is 20.0. The van der Waals surface area contributed by atoms with Gasteiger partial charge in [-0.15, -0.1) is 11.3 Å². The zero-order valence-electron chi connectivity index (χ0n) is 14.1. The van der Waals surface area contributed by atoms with E-state index in [0.29, 0.717) is 15.9 Å². The van der Waals surface area contributed by atoms with Crippen LogP contribution < -0.4 is 10.6 Å². The number of halogens is 1. The fourth-order valence-electron chi connectivity index (χ4n) is 3.43. The lowest BCUT2D eigenvalue weighted by molar-refractivity contribution is 0.0930. The Morgan fingerprint density at radius 1 is 1.15 bits per heavy atom. The number of pyridine rings is 1. The summed E-state index contributed by atoms with van der Waals surface area (Å²) in [6.07, 6.45) is 7.40. The van der Waals surface area contributed by atoms with E-state index in [0.717, 1.165) is 42.3 Å². The Morgan fingerprint density at radius 2 is 1.96 bits per heavy atom. The fourth-order valence-corrected chi connectivity index (χ4v) is 4.12. The van der Waals surface area contributed by atoms with Crippen LogP contribution in [0, 0.1) is 0 Å². The third-order valence-electron chi connectivity index (χ3n) is 4.78. The van der Waals surface area contributed by atoms with Crippen molar-refractivity contribution in [3.05, 3.63) is 52.1 Å². The smallest absolute Gasteiger partial charge is 0.263 e. The molecule has 2 heterocycles. The van der Waals surface area contributed by atoms with Gasteiger partial charge >= 0.3 is 0 Å². The van der Waals surface area contributed by atoms with Gasteiger partial charge in [-0.2, -0.15) is 0 Å². The van der Waals surface area contributed by atoms with Gasteiger partial charge in [-0.05, 0) is 49.9 Å². The molecule has 5 nitrogen and oxygen atoms in total. The topological polar surface area (TPSA) is 66.9 Å². The summed E-state index contributed by atoms with van der Waals surface area (Å²) in [5.41, 5.74) is 3.67. The summed E-state index contributed by atoms with van der Waals surface area (Å²) in [5.74, 6) is -0.0130. The molecule has 0 atom stereocenters. The molecule has 1 aliphatic rings. The maximum absolute atomic E-state index is 12.1.